The second-order valence-electron chi connectivity index (χ2n) is 6.33. The predicted octanol–water partition coefficient (Wildman–Crippen LogP) is 2.78. The summed E-state index contributed by atoms with van der Waals surface area (Å²) in [5, 5.41) is 0. The summed E-state index contributed by atoms with van der Waals surface area (Å²) in [5.74, 6) is 0.728. The van der Waals surface area contributed by atoms with Crippen molar-refractivity contribution < 1.29 is 8.42 Å². The monoisotopic (exact) mass is 393 g/mol. The largest absolute Gasteiger partial charge is 0.307 e. The normalized spacial score (nSPS) is 11.8. The van der Waals surface area contributed by atoms with Crippen LogP contribution in [0.5, 0.6) is 0 Å². The molecule has 0 atom stereocenters. The van der Waals surface area contributed by atoms with Crippen LogP contribution in [0.1, 0.15) is 5.56 Å². The first-order valence-corrected chi connectivity index (χ1v) is 10.3. The number of nitrogens with zero attached hydrogens (tertiary/aromatic N) is 4. The van der Waals surface area contributed by atoms with Crippen molar-refractivity contribution in [3.05, 3.63) is 72.7 Å². The highest BCUT2D eigenvalue weighted by molar-refractivity contribution is 7.89. The van der Waals surface area contributed by atoms with Crippen molar-refractivity contribution in [2.24, 2.45) is 0 Å². The maximum atomic E-state index is 12.6. The first-order chi connectivity index (χ1) is 13.6. The van der Waals surface area contributed by atoms with E-state index in [1.165, 1.54) is 0 Å². The molecular formula is C20H19N5O2S. The summed E-state index contributed by atoms with van der Waals surface area (Å²) < 4.78 is 29.9. The maximum absolute atomic E-state index is 12.6. The van der Waals surface area contributed by atoms with Crippen LogP contribution in [0.3, 0.4) is 0 Å². The van der Waals surface area contributed by atoms with E-state index in [1.807, 2.05) is 34.9 Å². The van der Waals surface area contributed by atoms with Gasteiger partial charge in [0.15, 0.2) is 5.65 Å². The molecule has 0 aliphatic rings. The highest BCUT2D eigenvalue weighted by Crippen LogP contribution is 2.23. The lowest BCUT2D eigenvalue weighted by molar-refractivity contribution is 0.574. The molecule has 28 heavy (non-hydrogen) atoms. The van der Waals surface area contributed by atoms with Crippen LogP contribution in [0.15, 0.2) is 72.0 Å². The van der Waals surface area contributed by atoms with Gasteiger partial charge in [-0.15, -0.1) is 0 Å². The van der Waals surface area contributed by atoms with Gasteiger partial charge in [0.05, 0.1) is 4.90 Å². The molecule has 0 spiro atoms. The third-order valence-corrected chi connectivity index (χ3v) is 6.07. The van der Waals surface area contributed by atoms with E-state index in [0.717, 1.165) is 16.9 Å². The molecule has 7 nitrogen and oxygen atoms in total. The third kappa shape index (κ3) is 3.51. The molecule has 0 aliphatic heterocycles. The van der Waals surface area contributed by atoms with E-state index in [0.29, 0.717) is 17.8 Å². The number of rotatable bonds is 6. The molecule has 4 rings (SSSR count). The summed E-state index contributed by atoms with van der Waals surface area (Å²) in [5.41, 5.74) is 3.08. The SMILES string of the molecule is Cc1ccccc1S(=O)(=O)NCCn1c(-c2ccncc2)nc2cccnc21. The zero-order valence-electron chi connectivity index (χ0n) is 15.3. The predicted molar refractivity (Wildman–Crippen MR) is 107 cm³/mol. The first-order valence-electron chi connectivity index (χ1n) is 8.83. The van der Waals surface area contributed by atoms with E-state index >= 15 is 0 Å². The van der Waals surface area contributed by atoms with Crippen molar-refractivity contribution in [3.63, 3.8) is 0 Å². The number of sulfonamides is 1. The number of imidazole rings is 1. The highest BCUT2D eigenvalue weighted by Gasteiger charge is 2.17. The quantitative estimate of drug-likeness (QED) is 0.544. The summed E-state index contributed by atoms with van der Waals surface area (Å²) in [6, 6.07) is 14.4. The van der Waals surface area contributed by atoms with E-state index in [9.17, 15) is 8.42 Å². The first kappa shape index (κ1) is 18.3. The highest BCUT2D eigenvalue weighted by atomic mass is 32.2. The number of fused-ring (bicyclic) bond motifs is 1. The van der Waals surface area contributed by atoms with Gasteiger partial charge in [0.2, 0.25) is 10.0 Å². The maximum Gasteiger partial charge on any atom is 0.240 e. The van der Waals surface area contributed by atoms with Gasteiger partial charge in [-0.2, -0.15) is 0 Å². The summed E-state index contributed by atoms with van der Waals surface area (Å²) in [7, 11) is -3.59. The van der Waals surface area contributed by atoms with Crippen molar-refractivity contribution in [3.8, 4) is 11.4 Å². The molecule has 4 aromatic rings. The molecule has 0 saturated heterocycles. The molecule has 0 aliphatic carbocycles. The standard InChI is InChI=1S/C20H19N5O2S/c1-15-5-2-3-7-18(15)28(26,27)23-13-14-25-19(16-8-11-21-12-9-16)24-17-6-4-10-22-20(17)25/h2-12,23H,13-14H2,1H3. The molecule has 8 heteroatoms. The second kappa shape index (κ2) is 7.49. The van der Waals surface area contributed by atoms with Gasteiger partial charge in [-0.05, 0) is 42.8 Å². The smallest absolute Gasteiger partial charge is 0.240 e. The molecule has 0 unspecified atom stereocenters. The van der Waals surface area contributed by atoms with Gasteiger partial charge in [0.25, 0.3) is 0 Å². The minimum absolute atomic E-state index is 0.219. The van der Waals surface area contributed by atoms with Crippen LogP contribution in [0.25, 0.3) is 22.6 Å². The number of hydrogen-bond acceptors (Lipinski definition) is 5. The Bertz CT molecular complexity index is 1220. The Balaban J connectivity index is 1.63. The van der Waals surface area contributed by atoms with E-state index in [-0.39, 0.29) is 11.4 Å². The summed E-state index contributed by atoms with van der Waals surface area (Å²) in [4.78, 5) is 13.4. The molecule has 0 amide bonds. The molecular weight excluding hydrogens is 374 g/mol. The number of aryl methyl sites for hydroxylation is 1. The Labute approximate surface area is 163 Å². The fourth-order valence-corrected chi connectivity index (χ4v) is 4.38. The van der Waals surface area contributed by atoms with Crippen LogP contribution in [0, 0.1) is 6.92 Å². The lowest BCUT2D eigenvalue weighted by Gasteiger charge is -2.11. The van der Waals surface area contributed by atoms with Crippen molar-refractivity contribution in [2.75, 3.05) is 6.54 Å². The second-order valence-corrected chi connectivity index (χ2v) is 8.07. The van der Waals surface area contributed by atoms with Gasteiger partial charge < -0.3 is 4.57 Å². The lowest BCUT2D eigenvalue weighted by atomic mass is 10.2. The number of benzene rings is 1. The minimum atomic E-state index is -3.59. The summed E-state index contributed by atoms with van der Waals surface area (Å²) in [6.45, 7) is 2.40. The lowest BCUT2D eigenvalue weighted by Crippen LogP contribution is -2.28. The van der Waals surface area contributed by atoms with Crippen molar-refractivity contribution >= 4 is 21.2 Å². The Kier molecular flexibility index (Phi) is 4.89. The van der Waals surface area contributed by atoms with E-state index in [2.05, 4.69) is 19.7 Å². The zero-order chi connectivity index (χ0) is 19.6. The molecule has 3 heterocycles. The third-order valence-electron chi connectivity index (χ3n) is 4.45. The number of nitrogens with one attached hydrogen (secondary N) is 1. The Morgan fingerprint density at radius 1 is 1.00 bits per heavy atom. The van der Waals surface area contributed by atoms with Crippen molar-refractivity contribution in [1.82, 2.24) is 24.2 Å². The molecule has 0 fully saturated rings. The topological polar surface area (TPSA) is 89.8 Å². The van der Waals surface area contributed by atoms with E-state index in [4.69, 9.17) is 0 Å². The van der Waals surface area contributed by atoms with E-state index < -0.39 is 10.0 Å². The number of pyridine rings is 2. The van der Waals surface area contributed by atoms with Crippen LogP contribution in [-0.4, -0.2) is 34.5 Å². The molecule has 142 valence electrons. The van der Waals surface area contributed by atoms with Gasteiger partial charge in [0.1, 0.15) is 11.3 Å². The molecule has 1 N–H and O–H groups in total. The molecule has 0 radical (unpaired) electrons. The van der Waals surface area contributed by atoms with Crippen LogP contribution in [-0.2, 0) is 16.6 Å². The van der Waals surface area contributed by atoms with Crippen LogP contribution >= 0.6 is 0 Å². The number of hydrogen-bond donors (Lipinski definition) is 1. The summed E-state index contributed by atoms with van der Waals surface area (Å²) in [6.07, 6.45) is 5.11. The molecule has 0 bridgehead atoms. The minimum Gasteiger partial charge on any atom is -0.307 e. The Morgan fingerprint density at radius 2 is 1.79 bits per heavy atom. The van der Waals surface area contributed by atoms with Gasteiger partial charge in [-0.1, -0.05) is 18.2 Å². The summed E-state index contributed by atoms with van der Waals surface area (Å²) >= 11 is 0. The van der Waals surface area contributed by atoms with Gasteiger partial charge >= 0.3 is 0 Å². The van der Waals surface area contributed by atoms with Gasteiger partial charge in [-0.25, -0.2) is 23.1 Å². The number of aromatic nitrogens is 4. The van der Waals surface area contributed by atoms with Gasteiger partial charge in [0, 0.05) is 37.2 Å². The zero-order valence-corrected chi connectivity index (χ0v) is 16.1. The molecule has 1 aromatic carbocycles. The van der Waals surface area contributed by atoms with Crippen LogP contribution in [0.4, 0.5) is 0 Å². The Hall–Kier alpha value is -3.10. The Morgan fingerprint density at radius 3 is 2.57 bits per heavy atom. The van der Waals surface area contributed by atoms with E-state index in [1.54, 1.807) is 43.7 Å². The van der Waals surface area contributed by atoms with Crippen molar-refractivity contribution in [2.45, 2.75) is 18.4 Å². The molecule has 0 saturated carbocycles. The fourth-order valence-electron chi connectivity index (χ4n) is 3.12. The van der Waals surface area contributed by atoms with Crippen molar-refractivity contribution in [1.29, 1.82) is 0 Å². The van der Waals surface area contributed by atoms with Crippen LogP contribution < -0.4 is 4.72 Å². The van der Waals surface area contributed by atoms with Crippen LogP contribution in [0.2, 0.25) is 0 Å². The average Bonchev–Trinajstić information content (AvgIpc) is 3.07. The fraction of sp³-hybridized carbons (Fsp3) is 0.150. The molecule has 3 aromatic heterocycles. The van der Waals surface area contributed by atoms with Gasteiger partial charge in [-0.3, -0.25) is 4.98 Å². The average molecular weight is 393 g/mol.